The Morgan fingerprint density at radius 1 is 1.10 bits per heavy atom. The lowest BCUT2D eigenvalue weighted by Gasteiger charge is -2.09. The van der Waals surface area contributed by atoms with Gasteiger partial charge in [-0.15, -0.1) is 0 Å². The maximum Gasteiger partial charge on any atom is 0.263 e. The molecule has 1 aromatic rings. The topological polar surface area (TPSA) is 107 Å². The van der Waals surface area contributed by atoms with Gasteiger partial charge in [0.1, 0.15) is 17.1 Å². The minimum atomic E-state index is -0.666. The predicted molar refractivity (Wildman–Crippen MR) is 116 cm³/mol. The zero-order valence-electron chi connectivity index (χ0n) is 17.5. The zero-order chi connectivity index (χ0) is 22.4. The Kier molecular flexibility index (Phi) is 7.55. The first-order valence-electron chi connectivity index (χ1n) is 9.62. The van der Waals surface area contributed by atoms with Crippen molar-refractivity contribution >= 4 is 17.8 Å². The molecule has 30 heavy (non-hydrogen) atoms. The highest BCUT2D eigenvalue weighted by atomic mass is 16.3. The smallest absolute Gasteiger partial charge is 0.263 e. The highest BCUT2D eigenvalue weighted by Gasteiger charge is 2.34. The largest absolute Gasteiger partial charge is 0.508 e. The van der Waals surface area contributed by atoms with Crippen molar-refractivity contribution in [3.8, 4) is 5.75 Å². The molecular weight excluding hydrogens is 382 g/mol. The monoisotopic (exact) mass is 409 g/mol. The van der Waals surface area contributed by atoms with Gasteiger partial charge < -0.3 is 20.6 Å². The molecule has 2 rings (SSSR count). The van der Waals surface area contributed by atoms with E-state index in [1.54, 1.807) is 38.1 Å². The number of phenolic OH excluding ortho intramolecular Hbond substituents is 1. The second-order valence-corrected chi connectivity index (χ2v) is 7.38. The Hall–Kier alpha value is -3.38. The van der Waals surface area contributed by atoms with E-state index in [0.29, 0.717) is 11.1 Å². The Balaban J connectivity index is 2.23. The van der Waals surface area contributed by atoms with Crippen molar-refractivity contribution in [2.24, 2.45) is 5.92 Å². The van der Waals surface area contributed by atoms with E-state index >= 15 is 0 Å². The van der Waals surface area contributed by atoms with Crippen LogP contribution >= 0.6 is 0 Å². The molecule has 0 radical (unpaired) electrons. The number of hydrogen-bond donors (Lipinski definition) is 4. The van der Waals surface area contributed by atoms with Gasteiger partial charge in [-0.3, -0.25) is 9.59 Å². The molecule has 0 saturated carbocycles. The fourth-order valence-corrected chi connectivity index (χ4v) is 2.76. The van der Waals surface area contributed by atoms with Gasteiger partial charge in [-0.2, -0.15) is 0 Å². The summed E-state index contributed by atoms with van der Waals surface area (Å²) in [6, 6.07) is 6.15. The molecule has 1 aliphatic rings. The van der Waals surface area contributed by atoms with Crippen molar-refractivity contribution in [1.82, 2.24) is 5.32 Å². The molecule has 0 unspecified atom stereocenters. The number of Topliss-reactive ketones (excluding diaryl/α,β-unsaturated/α-hetero) is 1. The number of nitrogens with one attached hydrogen (secondary N) is 1. The van der Waals surface area contributed by atoms with Gasteiger partial charge in [0.15, 0.2) is 0 Å². The SMILES string of the molecule is CC(/C=C/C=C(C)/C(O)=C1/C(=O)N/C(=C\c2ccc(O)cc2)C1=O)=C\[C@H](C)[C@@H](C)O. The summed E-state index contributed by atoms with van der Waals surface area (Å²) >= 11 is 0. The molecule has 0 spiro atoms. The van der Waals surface area contributed by atoms with Gasteiger partial charge in [0.2, 0.25) is 5.78 Å². The molecule has 0 aliphatic carbocycles. The summed E-state index contributed by atoms with van der Waals surface area (Å²) in [6.45, 7) is 7.13. The average Bonchev–Trinajstić information content (AvgIpc) is 2.95. The highest BCUT2D eigenvalue weighted by molar-refractivity contribution is 6.33. The molecule has 0 bridgehead atoms. The van der Waals surface area contributed by atoms with E-state index in [-0.39, 0.29) is 28.7 Å². The van der Waals surface area contributed by atoms with Crippen LogP contribution < -0.4 is 5.32 Å². The van der Waals surface area contributed by atoms with Crippen LogP contribution in [0.4, 0.5) is 0 Å². The van der Waals surface area contributed by atoms with E-state index in [1.165, 1.54) is 18.2 Å². The number of ketones is 1. The third kappa shape index (κ3) is 5.81. The molecule has 1 saturated heterocycles. The summed E-state index contributed by atoms with van der Waals surface area (Å²) in [6.07, 6.45) is 8.09. The molecule has 1 fully saturated rings. The van der Waals surface area contributed by atoms with Crippen molar-refractivity contribution in [2.45, 2.75) is 33.8 Å². The van der Waals surface area contributed by atoms with Crippen molar-refractivity contribution in [3.63, 3.8) is 0 Å². The van der Waals surface area contributed by atoms with Crippen molar-refractivity contribution in [1.29, 1.82) is 0 Å². The summed E-state index contributed by atoms with van der Waals surface area (Å²) in [5.74, 6) is -1.54. The minimum absolute atomic E-state index is 0.00819. The second-order valence-electron chi connectivity index (χ2n) is 7.38. The lowest BCUT2D eigenvalue weighted by atomic mass is 10.0. The van der Waals surface area contributed by atoms with E-state index < -0.39 is 17.8 Å². The Morgan fingerprint density at radius 2 is 1.73 bits per heavy atom. The average molecular weight is 409 g/mol. The molecule has 1 amide bonds. The van der Waals surface area contributed by atoms with Crippen LogP contribution in [0.15, 0.2) is 76.7 Å². The van der Waals surface area contributed by atoms with Crippen molar-refractivity contribution in [3.05, 3.63) is 82.3 Å². The van der Waals surface area contributed by atoms with Gasteiger partial charge in [-0.25, -0.2) is 0 Å². The number of phenols is 1. The van der Waals surface area contributed by atoms with Gasteiger partial charge >= 0.3 is 0 Å². The van der Waals surface area contributed by atoms with Crippen LogP contribution in [0.5, 0.6) is 5.75 Å². The van der Waals surface area contributed by atoms with E-state index in [1.807, 2.05) is 26.0 Å². The molecule has 2 atom stereocenters. The number of aliphatic hydroxyl groups is 2. The number of aliphatic hydroxyl groups excluding tert-OH is 2. The first-order valence-corrected chi connectivity index (χ1v) is 9.62. The summed E-state index contributed by atoms with van der Waals surface area (Å²) < 4.78 is 0. The van der Waals surface area contributed by atoms with Gasteiger partial charge in [0.05, 0.1) is 11.8 Å². The van der Waals surface area contributed by atoms with Crippen LogP contribution in [-0.4, -0.2) is 33.1 Å². The number of hydrogen-bond acceptors (Lipinski definition) is 5. The highest BCUT2D eigenvalue weighted by Crippen LogP contribution is 2.23. The first kappa shape index (κ1) is 22.9. The number of aromatic hydroxyl groups is 1. The van der Waals surface area contributed by atoms with E-state index in [4.69, 9.17) is 0 Å². The molecule has 1 aliphatic heterocycles. The Morgan fingerprint density at radius 3 is 2.33 bits per heavy atom. The van der Waals surface area contributed by atoms with Crippen LogP contribution in [0.25, 0.3) is 6.08 Å². The Bertz CT molecular complexity index is 975. The fraction of sp³-hybridized carbons (Fsp3) is 0.250. The molecular formula is C24H27NO5. The van der Waals surface area contributed by atoms with Crippen molar-refractivity contribution < 1.29 is 24.9 Å². The molecule has 158 valence electrons. The number of carbonyl (C=O) groups excluding carboxylic acids is 2. The number of rotatable bonds is 6. The van der Waals surface area contributed by atoms with Gasteiger partial charge in [0, 0.05) is 5.92 Å². The third-order valence-electron chi connectivity index (χ3n) is 4.75. The summed E-state index contributed by atoms with van der Waals surface area (Å²) in [5, 5.41) is 31.8. The number of allylic oxidation sites excluding steroid dienone is 6. The molecule has 6 nitrogen and oxygen atoms in total. The lowest BCUT2D eigenvalue weighted by molar-refractivity contribution is -0.117. The van der Waals surface area contributed by atoms with Crippen LogP contribution in [0.1, 0.15) is 33.3 Å². The first-order chi connectivity index (χ1) is 14.1. The number of amides is 1. The number of benzene rings is 1. The quantitative estimate of drug-likeness (QED) is 0.248. The van der Waals surface area contributed by atoms with E-state index in [0.717, 1.165) is 5.57 Å². The Labute approximate surface area is 176 Å². The lowest BCUT2D eigenvalue weighted by Crippen LogP contribution is -2.14. The van der Waals surface area contributed by atoms with Crippen LogP contribution in [0, 0.1) is 5.92 Å². The second kappa shape index (κ2) is 9.89. The summed E-state index contributed by atoms with van der Waals surface area (Å²) in [5.41, 5.74) is 1.68. The molecule has 4 N–H and O–H groups in total. The van der Waals surface area contributed by atoms with Gasteiger partial charge in [-0.05, 0) is 50.1 Å². The van der Waals surface area contributed by atoms with Crippen LogP contribution in [-0.2, 0) is 9.59 Å². The molecule has 1 heterocycles. The van der Waals surface area contributed by atoms with Crippen LogP contribution in [0.3, 0.4) is 0 Å². The molecule has 1 aromatic carbocycles. The van der Waals surface area contributed by atoms with Gasteiger partial charge in [0.25, 0.3) is 5.91 Å². The van der Waals surface area contributed by atoms with E-state index in [9.17, 15) is 24.9 Å². The normalized spacial score (nSPS) is 20.6. The van der Waals surface area contributed by atoms with Crippen molar-refractivity contribution in [2.75, 3.05) is 0 Å². The number of carbonyl (C=O) groups is 2. The molecule has 0 aromatic heterocycles. The third-order valence-corrected chi connectivity index (χ3v) is 4.75. The van der Waals surface area contributed by atoms with Gasteiger partial charge in [-0.1, -0.05) is 48.9 Å². The van der Waals surface area contributed by atoms with E-state index in [2.05, 4.69) is 5.32 Å². The molecule has 6 heteroatoms. The fourth-order valence-electron chi connectivity index (χ4n) is 2.76. The zero-order valence-corrected chi connectivity index (χ0v) is 17.5. The maximum atomic E-state index is 12.6. The summed E-state index contributed by atoms with van der Waals surface area (Å²) in [7, 11) is 0. The predicted octanol–water partition coefficient (Wildman–Crippen LogP) is 3.71. The minimum Gasteiger partial charge on any atom is -0.508 e. The maximum absolute atomic E-state index is 12.6. The standard InChI is InChI=1S/C24H27NO5/c1-14(12-16(3)17(4)26)6-5-7-15(2)22(28)21-23(29)20(25-24(21)30)13-18-8-10-19(27)11-9-18/h5-13,16-17,26-28H,1-4H3,(H,25,30)/b6-5+,14-12+,15-7+,20-13-,22-21-/t16-,17+/m0/s1. The van der Waals surface area contributed by atoms with Crippen LogP contribution in [0.2, 0.25) is 0 Å². The summed E-state index contributed by atoms with van der Waals surface area (Å²) in [4.78, 5) is 24.8.